The predicted octanol–water partition coefficient (Wildman–Crippen LogP) is 3.58. The van der Waals surface area contributed by atoms with Crippen LogP contribution in [0.4, 0.5) is 5.69 Å². The number of imidazole rings is 1. The van der Waals surface area contributed by atoms with E-state index in [9.17, 15) is 15.2 Å². The number of non-ortho nitro benzene ring substituents is 1. The van der Waals surface area contributed by atoms with Gasteiger partial charge in [0.15, 0.2) is 0 Å². The molecule has 2 aliphatic carbocycles. The lowest BCUT2D eigenvalue weighted by Gasteiger charge is -2.10. The van der Waals surface area contributed by atoms with Crippen LogP contribution in [-0.4, -0.2) is 25.0 Å². The zero-order valence-electron chi connectivity index (χ0n) is 13.4. The molecule has 1 atom stereocenters. The number of rotatable bonds is 6. The van der Waals surface area contributed by atoms with Crippen LogP contribution in [0.15, 0.2) is 72.1 Å². The fourth-order valence-electron chi connectivity index (χ4n) is 2.20. The number of nitrogens with zero attached hydrogens (tertiary/aromatic N) is 3. The molecule has 1 N–H and O–H groups in total. The number of aliphatic hydroxyl groups is 1. The molecular weight excluding hydrogens is 338 g/mol. The number of nitro groups is 1. The van der Waals surface area contributed by atoms with E-state index in [-0.39, 0.29) is 5.69 Å². The van der Waals surface area contributed by atoms with Crippen LogP contribution >= 0.6 is 11.8 Å². The Bertz CT molecular complexity index is 877. The molecule has 2 aliphatic rings. The highest BCUT2D eigenvalue weighted by atomic mass is 32.2. The molecule has 0 amide bonds. The monoisotopic (exact) mass is 355 g/mol. The van der Waals surface area contributed by atoms with Gasteiger partial charge in [-0.15, -0.1) is 0 Å². The van der Waals surface area contributed by atoms with E-state index in [1.807, 2.05) is 10.8 Å². The highest BCUT2D eigenvalue weighted by Crippen LogP contribution is 2.26. The van der Waals surface area contributed by atoms with Crippen LogP contribution in [0.3, 0.4) is 0 Å². The Morgan fingerprint density at radius 3 is 2.20 bits per heavy atom. The van der Waals surface area contributed by atoms with Crippen molar-refractivity contribution >= 4 is 17.4 Å². The predicted molar refractivity (Wildman–Crippen MR) is 95.9 cm³/mol. The van der Waals surface area contributed by atoms with E-state index in [0.717, 1.165) is 4.90 Å². The Morgan fingerprint density at radius 1 is 1.12 bits per heavy atom. The molecule has 4 rings (SSSR count). The summed E-state index contributed by atoms with van der Waals surface area (Å²) in [5.41, 5.74) is -0.499. The van der Waals surface area contributed by atoms with E-state index in [1.54, 1.807) is 24.7 Å². The van der Waals surface area contributed by atoms with Crippen molar-refractivity contribution in [3.63, 3.8) is 0 Å². The van der Waals surface area contributed by atoms with Crippen LogP contribution in [0, 0.1) is 20.6 Å². The lowest BCUT2D eigenvalue weighted by Crippen LogP contribution is -2.06. The molecule has 0 saturated heterocycles. The summed E-state index contributed by atoms with van der Waals surface area (Å²) in [4.78, 5) is 14.8. The van der Waals surface area contributed by atoms with Crippen molar-refractivity contribution < 1.29 is 10.0 Å². The van der Waals surface area contributed by atoms with E-state index < -0.39 is 10.4 Å². The Kier molecular flexibility index (Phi) is 5.47. The minimum Gasteiger partial charge on any atom is -0.382 e. The van der Waals surface area contributed by atoms with E-state index >= 15 is 0 Å². The van der Waals surface area contributed by atoms with Crippen molar-refractivity contribution in [3.05, 3.63) is 87.8 Å². The van der Waals surface area contributed by atoms with Crippen molar-refractivity contribution in [1.29, 1.82) is 0 Å². The van der Waals surface area contributed by atoms with Crippen LogP contribution in [0.25, 0.3) is 0 Å². The molecule has 7 heteroatoms. The summed E-state index contributed by atoms with van der Waals surface area (Å²) < 4.78 is 1.89. The second-order valence-corrected chi connectivity index (χ2v) is 6.74. The molecule has 0 saturated carbocycles. The smallest absolute Gasteiger partial charge is 0.269 e. The first-order chi connectivity index (χ1) is 12.1. The Morgan fingerprint density at radius 2 is 1.76 bits per heavy atom. The fraction of sp³-hybridized carbons (Fsp3) is 0.167. The molecule has 0 aliphatic heterocycles. The first kappa shape index (κ1) is 17.2. The van der Waals surface area contributed by atoms with E-state index in [1.165, 1.54) is 34.3 Å². The number of nitro benzene ring substituents is 1. The SMILES string of the molecule is O=[N+]([O-])c1ccc(SC(O)CCn2ccnc2)cc1.c1cc2ccc1=2. The number of aliphatic hydroxyl groups excluding tert-OH is 1. The summed E-state index contributed by atoms with van der Waals surface area (Å²) in [6.07, 6.45) is 5.81. The molecule has 0 radical (unpaired) electrons. The summed E-state index contributed by atoms with van der Waals surface area (Å²) in [5.74, 6) is 0. The molecule has 128 valence electrons. The summed E-state index contributed by atoms with van der Waals surface area (Å²) >= 11 is 1.29. The molecule has 1 unspecified atom stereocenters. The van der Waals surface area contributed by atoms with Crippen molar-refractivity contribution in [2.75, 3.05) is 0 Å². The fourth-order valence-corrected chi connectivity index (χ4v) is 3.03. The number of benzene rings is 2. The highest BCUT2D eigenvalue weighted by molar-refractivity contribution is 7.99. The summed E-state index contributed by atoms with van der Waals surface area (Å²) in [5, 5.41) is 23.2. The lowest BCUT2D eigenvalue weighted by molar-refractivity contribution is -0.384. The van der Waals surface area contributed by atoms with Gasteiger partial charge in [0.1, 0.15) is 5.44 Å². The molecule has 0 bridgehead atoms. The summed E-state index contributed by atoms with van der Waals surface area (Å²) in [6.45, 7) is 0.682. The summed E-state index contributed by atoms with van der Waals surface area (Å²) in [6, 6.07) is 14.6. The van der Waals surface area contributed by atoms with Gasteiger partial charge in [0.25, 0.3) is 5.69 Å². The highest BCUT2D eigenvalue weighted by Gasteiger charge is 2.09. The largest absolute Gasteiger partial charge is 0.382 e. The third-order valence-electron chi connectivity index (χ3n) is 3.73. The van der Waals surface area contributed by atoms with Gasteiger partial charge in [0.2, 0.25) is 0 Å². The Balaban J connectivity index is 0.000000250. The van der Waals surface area contributed by atoms with Gasteiger partial charge in [0.05, 0.1) is 11.3 Å². The van der Waals surface area contributed by atoms with Gasteiger partial charge in [-0.3, -0.25) is 10.1 Å². The first-order valence-corrected chi connectivity index (χ1v) is 8.65. The van der Waals surface area contributed by atoms with E-state index in [4.69, 9.17) is 0 Å². The van der Waals surface area contributed by atoms with Crippen LogP contribution in [0.5, 0.6) is 0 Å². The van der Waals surface area contributed by atoms with Crippen molar-refractivity contribution in [2.24, 2.45) is 0 Å². The van der Waals surface area contributed by atoms with Gasteiger partial charge in [0, 0.05) is 42.4 Å². The zero-order chi connectivity index (χ0) is 17.6. The number of hydrogen-bond donors (Lipinski definition) is 1. The van der Waals surface area contributed by atoms with Crippen molar-refractivity contribution in [1.82, 2.24) is 9.55 Å². The standard InChI is InChI=1S/C12H13N3O3S.C6H4/c16-12(5-7-14-8-6-13-9-14)19-11-3-1-10(2-4-11)15(17)18;1-2-6-4-3-5(1)6/h1-4,6,8-9,12,16H,5,7H2;1-4H. The number of aromatic nitrogens is 2. The molecule has 25 heavy (non-hydrogen) atoms. The molecule has 1 aromatic heterocycles. The lowest BCUT2D eigenvalue weighted by atomic mass is 10.1. The maximum absolute atomic E-state index is 10.5. The third-order valence-corrected chi connectivity index (χ3v) is 4.78. The van der Waals surface area contributed by atoms with Crippen LogP contribution in [0.2, 0.25) is 0 Å². The van der Waals surface area contributed by atoms with Gasteiger partial charge in [-0.2, -0.15) is 0 Å². The number of aryl methyl sites for hydroxylation is 1. The van der Waals surface area contributed by atoms with Crippen LogP contribution in [-0.2, 0) is 6.54 Å². The molecule has 2 aromatic rings. The van der Waals surface area contributed by atoms with Crippen molar-refractivity contribution in [2.45, 2.75) is 23.3 Å². The normalized spacial score (nSPS) is 12.0. The topological polar surface area (TPSA) is 81.2 Å². The first-order valence-electron chi connectivity index (χ1n) is 7.77. The van der Waals surface area contributed by atoms with Crippen LogP contribution < -0.4 is 0 Å². The molecule has 0 spiro atoms. The molecule has 1 aromatic carbocycles. The minimum atomic E-state index is -0.552. The van der Waals surface area contributed by atoms with Crippen molar-refractivity contribution in [3.8, 4) is 0 Å². The average molecular weight is 355 g/mol. The summed E-state index contributed by atoms with van der Waals surface area (Å²) in [7, 11) is 0. The average Bonchev–Trinajstić information content (AvgIpc) is 3.11. The van der Waals surface area contributed by atoms with Gasteiger partial charge in [-0.05, 0) is 22.6 Å². The van der Waals surface area contributed by atoms with Gasteiger partial charge < -0.3 is 9.67 Å². The quantitative estimate of drug-likeness (QED) is 0.247. The van der Waals surface area contributed by atoms with E-state index in [0.29, 0.717) is 13.0 Å². The second-order valence-electron chi connectivity index (χ2n) is 5.49. The van der Waals surface area contributed by atoms with Gasteiger partial charge in [-0.25, -0.2) is 4.98 Å². The molecule has 1 heterocycles. The Hall–Kier alpha value is -2.64. The maximum Gasteiger partial charge on any atom is 0.269 e. The third kappa shape index (κ3) is 4.68. The maximum atomic E-state index is 10.5. The zero-order valence-corrected chi connectivity index (χ0v) is 14.2. The molecular formula is C18H17N3O3S. The van der Waals surface area contributed by atoms with E-state index in [2.05, 4.69) is 29.2 Å². The van der Waals surface area contributed by atoms with Gasteiger partial charge in [-0.1, -0.05) is 36.0 Å². The molecule has 6 nitrogen and oxygen atoms in total. The minimum absolute atomic E-state index is 0.0530. The van der Waals surface area contributed by atoms with Crippen LogP contribution in [0.1, 0.15) is 6.42 Å². The Labute approximate surface area is 148 Å². The second kappa shape index (κ2) is 7.96. The number of hydrogen-bond acceptors (Lipinski definition) is 5. The number of thioether (sulfide) groups is 1. The van der Waals surface area contributed by atoms with Gasteiger partial charge >= 0.3 is 0 Å². The molecule has 0 fully saturated rings.